The van der Waals surface area contributed by atoms with Gasteiger partial charge in [0.15, 0.2) is 11.5 Å². The van der Waals surface area contributed by atoms with E-state index in [2.05, 4.69) is 4.98 Å². The molecule has 3 aromatic rings. The molecule has 0 radical (unpaired) electrons. The number of ether oxygens (including phenoxy) is 3. The number of likely N-dealkylation sites (tertiary alicyclic amines) is 1. The lowest BCUT2D eigenvalue weighted by molar-refractivity contribution is -0.129. The first-order valence-electron chi connectivity index (χ1n) is 9.67. The number of aromatic nitrogens is 1. The summed E-state index contributed by atoms with van der Waals surface area (Å²) in [6.07, 6.45) is 2.86. The molecule has 150 valence electrons. The summed E-state index contributed by atoms with van der Waals surface area (Å²) in [5, 5.41) is 1.05. The first-order valence-corrected chi connectivity index (χ1v) is 9.67. The van der Waals surface area contributed by atoms with Crippen molar-refractivity contribution in [3.8, 4) is 17.2 Å². The van der Waals surface area contributed by atoms with E-state index in [0.717, 1.165) is 28.6 Å². The molecule has 0 spiro atoms. The second-order valence-electron chi connectivity index (χ2n) is 7.07. The van der Waals surface area contributed by atoms with E-state index in [1.165, 1.54) is 0 Å². The standard InChI is InChI=1S/C23H24N2O4/c1-27-19-9-8-16(13-21(19)28-2)14-22(26)25-12-10-18(15-25)29-20-7-3-5-17-6-4-11-24-23(17)20/h3-9,11,13,18H,10,12,14-15H2,1-2H3. The molecular formula is C23H24N2O4. The summed E-state index contributed by atoms with van der Waals surface area (Å²) < 4.78 is 16.8. The fourth-order valence-corrected chi connectivity index (χ4v) is 3.68. The quantitative estimate of drug-likeness (QED) is 0.643. The molecule has 1 aliphatic rings. The summed E-state index contributed by atoms with van der Waals surface area (Å²) in [5.41, 5.74) is 1.75. The number of hydrogen-bond acceptors (Lipinski definition) is 5. The summed E-state index contributed by atoms with van der Waals surface area (Å²) >= 11 is 0. The zero-order valence-electron chi connectivity index (χ0n) is 16.6. The van der Waals surface area contributed by atoms with E-state index in [0.29, 0.717) is 31.0 Å². The van der Waals surface area contributed by atoms with Crippen molar-refractivity contribution in [3.05, 3.63) is 60.3 Å². The van der Waals surface area contributed by atoms with Crippen LogP contribution in [0.4, 0.5) is 0 Å². The number of hydrogen-bond donors (Lipinski definition) is 0. The SMILES string of the molecule is COc1ccc(CC(=O)N2CCC(Oc3cccc4cccnc34)C2)cc1OC. The summed E-state index contributed by atoms with van der Waals surface area (Å²) in [5.74, 6) is 2.13. The zero-order valence-corrected chi connectivity index (χ0v) is 16.6. The largest absolute Gasteiger partial charge is 0.493 e. The van der Waals surface area contributed by atoms with Gasteiger partial charge >= 0.3 is 0 Å². The minimum absolute atomic E-state index is 0.0306. The molecule has 1 saturated heterocycles. The molecule has 0 aliphatic carbocycles. The minimum Gasteiger partial charge on any atom is -0.493 e. The fraction of sp³-hybridized carbons (Fsp3) is 0.304. The first kappa shape index (κ1) is 19.1. The topological polar surface area (TPSA) is 60.9 Å². The number of fused-ring (bicyclic) bond motifs is 1. The molecule has 4 rings (SSSR count). The Balaban J connectivity index is 1.40. The van der Waals surface area contributed by atoms with E-state index < -0.39 is 0 Å². The van der Waals surface area contributed by atoms with Crippen molar-refractivity contribution in [1.82, 2.24) is 9.88 Å². The number of methoxy groups -OCH3 is 2. The molecular weight excluding hydrogens is 368 g/mol. The Morgan fingerprint density at radius 3 is 2.72 bits per heavy atom. The van der Waals surface area contributed by atoms with E-state index in [1.54, 1.807) is 20.4 Å². The Hall–Kier alpha value is -3.28. The van der Waals surface area contributed by atoms with Crippen molar-refractivity contribution >= 4 is 16.8 Å². The Kier molecular flexibility index (Phi) is 5.51. The molecule has 1 aliphatic heterocycles. The van der Waals surface area contributed by atoms with Crippen LogP contribution in [-0.2, 0) is 11.2 Å². The number of carbonyl (C=O) groups excluding carboxylic acids is 1. The zero-order chi connectivity index (χ0) is 20.2. The highest BCUT2D eigenvalue weighted by Crippen LogP contribution is 2.29. The van der Waals surface area contributed by atoms with Gasteiger partial charge in [0.2, 0.25) is 5.91 Å². The smallest absolute Gasteiger partial charge is 0.227 e. The van der Waals surface area contributed by atoms with Crippen LogP contribution in [0.5, 0.6) is 17.2 Å². The lowest BCUT2D eigenvalue weighted by atomic mass is 10.1. The molecule has 6 nitrogen and oxygen atoms in total. The Labute approximate surface area is 170 Å². The Morgan fingerprint density at radius 1 is 1.07 bits per heavy atom. The van der Waals surface area contributed by atoms with Crippen molar-refractivity contribution in [2.24, 2.45) is 0 Å². The molecule has 29 heavy (non-hydrogen) atoms. The predicted molar refractivity (Wildman–Crippen MR) is 111 cm³/mol. The van der Waals surface area contributed by atoms with Gasteiger partial charge in [-0.1, -0.05) is 24.3 Å². The highest BCUT2D eigenvalue weighted by Gasteiger charge is 2.28. The minimum atomic E-state index is -0.0306. The monoisotopic (exact) mass is 392 g/mol. The maximum Gasteiger partial charge on any atom is 0.227 e. The van der Waals surface area contributed by atoms with Crippen LogP contribution in [0.2, 0.25) is 0 Å². The number of amides is 1. The molecule has 0 N–H and O–H groups in total. The van der Waals surface area contributed by atoms with E-state index in [9.17, 15) is 4.79 Å². The first-order chi connectivity index (χ1) is 14.2. The van der Waals surface area contributed by atoms with Crippen LogP contribution >= 0.6 is 0 Å². The van der Waals surface area contributed by atoms with E-state index in [1.807, 2.05) is 53.4 Å². The third-order valence-corrected chi connectivity index (χ3v) is 5.19. The van der Waals surface area contributed by atoms with Gasteiger partial charge in [0.25, 0.3) is 0 Å². The van der Waals surface area contributed by atoms with Crippen LogP contribution in [0.15, 0.2) is 54.7 Å². The summed E-state index contributed by atoms with van der Waals surface area (Å²) in [6.45, 7) is 1.27. The van der Waals surface area contributed by atoms with E-state index in [-0.39, 0.29) is 12.0 Å². The highest BCUT2D eigenvalue weighted by atomic mass is 16.5. The molecule has 1 amide bonds. The van der Waals surface area contributed by atoms with Gasteiger partial charge in [-0.05, 0) is 29.8 Å². The van der Waals surface area contributed by atoms with Crippen LogP contribution in [0.25, 0.3) is 10.9 Å². The Bertz CT molecular complexity index is 1020. The van der Waals surface area contributed by atoms with Crippen LogP contribution in [0.1, 0.15) is 12.0 Å². The predicted octanol–water partition coefficient (Wildman–Crippen LogP) is 3.47. The highest BCUT2D eigenvalue weighted by molar-refractivity contribution is 5.84. The van der Waals surface area contributed by atoms with Crippen molar-refractivity contribution in [2.45, 2.75) is 18.9 Å². The normalized spacial score (nSPS) is 16.1. The Morgan fingerprint density at radius 2 is 1.90 bits per heavy atom. The van der Waals surface area contributed by atoms with Gasteiger partial charge in [0, 0.05) is 24.5 Å². The second kappa shape index (κ2) is 8.39. The van der Waals surface area contributed by atoms with Crippen molar-refractivity contribution in [3.63, 3.8) is 0 Å². The van der Waals surface area contributed by atoms with Crippen molar-refractivity contribution in [2.75, 3.05) is 27.3 Å². The number of rotatable bonds is 6. The third kappa shape index (κ3) is 4.11. The average molecular weight is 392 g/mol. The molecule has 1 fully saturated rings. The van der Waals surface area contributed by atoms with Gasteiger partial charge in [-0.15, -0.1) is 0 Å². The maximum absolute atomic E-state index is 12.8. The lowest BCUT2D eigenvalue weighted by Gasteiger charge is -2.18. The molecule has 1 aromatic heterocycles. The fourth-order valence-electron chi connectivity index (χ4n) is 3.68. The number of pyridine rings is 1. The van der Waals surface area contributed by atoms with Gasteiger partial charge in [-0.3, -0.25) is 9.78 Å². The molecule has 1 atom stereocenters. The summed E-state index contributed by atoms with van der Waals surface area (Å²) in [7, 11) is 3.19. The van der Waals surface area contributed by atoms with Crippen LogP contribution < -0.4 is 14.2 Å². The lowest BCUT2D eigenvalue weighted by Crippen LogP contribution is -2.32. The van der Waals surface area contributed by atoms with Crippen LogP contribution in [-0.4, -0.2) is 49.2 Å². The number of carbonyl (C=O) groups is 1. The van der Waals surface area contributed by atoms with E-state index in [4.69, 9.17) is 14.2 Å². The maximum atomic E-state index is 12.8. The summed E-state index contributed by atoms with van der Waals surface area (Å²) in [6, 6.07) is 15.4. The van der Waals surface area contributed by atoms with Crippen molar-refractivity contribution < 1.29 is 19.0 Å². The number of nitrogens with zero attached hydrogens (tertiary/aromatic N) is 2. The van der Waals surface area contributed by atoms with E-state index >= 15 is 0 Å². The third-order valence-electron chi connectivity index (χ3n) is 5.19. The summed E-state index contributed by atoms with van der Waals surface area (Å²) in [4.78, 5) is 19.1. The molecule has 6 heteroatoms. The van der Waals surface area contributed by atoms with Crippen molar-refractivity contribution in [1.29, 1.82) is 0 Å². The molecule has 0 saturated carbocycles. The second-order valence-corrected chi connectivity index (χ2v) is 7.07. The van der Waals surface area contributed by atoms with Crippen LogP contribution in [0, 0.1) is 0 Å². The number of benzene rings is 2. The number of para-hydroxylation sites is 1. The van der Waals surface area contributed by atoms with Gasteiger partial charge in [0.1, 0.15) is 17.4 Å². The molecule has 2 aromatic carbocycles. The van der Waals surface area contributed by atoms with Gasteiger partial charge in [-0.25, -0.2) is 0 Å². The van der Waals surface area contributed by atoms with Gasteiger partial charge in [0.05, 0.1) is 27.2 Å². The van der Waals surface area contributed by atoms with Gasteiger partial charge in [-0.2, -0.15) is 0 Å². The van der Waals surface area contributed by atoms with Crippen LogP contribution in [0.3, 0.4) is 0 Å². The molecule has 2 heterocycles. The van der Waals surface area contributed by atoms with Gasteiger partial charge < -0.3 is 19.1 Å². The molecule has 0 bridgehead atoms. The average Bonchev–Trinajstić information content (AvgIpc) is 3.22. The molecule has 1 unspecified atom stereocenters.